The van der Waals surface area contributed by atoms with Crippen LogP contribution in [-0.2, 0) is 11.3 Å². The van der Waals surface area contributed by atoms with Gasteiger partial charge in [0.15, 0.2) is 0 Å². The number of benzene rings is 2. The van der Waals surface area contributed by atoms with E-state index in [-0.39, 0.29) is 17.6 Å². The number of nitrogens with zero attached hydrogens (tertiary/aromatic N) is 2. The standard InChI is InChI=1S/C24H22FN3O2/c25-20-11-9-17(10-12-20)16-27-23(29)22-8-4-14-28(22)24(30)19-6-3-5-18(15-19)21-7-1-2-13-26-21/h1-3,5-7,9-13,15,22H,4,8,14,16H2,(H,27,29). The maximum Gasteiger partial charge on any atom is 0.254 e. The smallest absolute Gasteiger partial charge is 0.254 e. The normalized spacial score (nSPS) is 15.8. The minimum absolute atomic E-state index is 0.160. The SMILES string of the molecule is O=C(NCc1ccc(F)cc1)C1CCCN1C(=O)c1cccc(-c2ccccn2)c1. The molecular weight excluding hydrogens is 381 g/mol. The summed E-state index contributed by atoms with van der Waals surface area (Å²) < 4.78 is 13.0. The van der Waals surface area contributed by atoms with E-state index < -0.39 is 6.04 Å². The topological polar surface area (TPSA) is 62.3 Å². The Balaban J connectivity index is 1.45. The number of carbonyl (C=O) groups excluding carboxylic acids is 2. The second-order valence-electron chi connectivity index (χ2n) is 7.30. The van der Waals surface area contributed by atoms with Gasteiger partial charge >= 0.3 is 0 Å². The lowest BCUT2D eigenvalue weighted by atomic mass is 10.1. The van der Waals surface area contributed by atoms with Crippen molar-refractivity contribution in [2.45, 2.75) is 25.4 Å². The Morgan fingerprint density at radius 3 is 2.67 bits per heavy atom. The molecule has 6 heteroatoms. The van der Waals surface area contributed by atoms with Gasteiger partial charge in [0, 0.05) is 30.4 Å². The minimum atomic E-state index is -0.503. The Hall–Kier alpha value is -3.54. The number of aromatic nitrogens is 1. The van der Waals surface area contributed by atoms with Gasteiger partial charge in [0.25, 0.3) is 5.91 Å². The van der Waals surface area contributed by atoms with E-state index in [0.29, 0.717) is 25.1 Å². The van der Waals surface area contributed by atoms with Gasteiger partial charge in [-0.25, -0.2) is 4.39 Å². The van der Waals surface area contributed by atoms with Crippen molar-refractivity contribution in [3.8, 4) is 11.3 Å². The van der Waals surface area contributed by atoms with Crippen LogP contribution in [0.3, 0.4) is 0 Å². The zero-order chi connectivity index (χ0) is 20.9. The Morgan fingerprint density at radius 1 is 1.07 bits per heavy atom. The second-order valence-corrected chi connectivity index (χ2v) is 7.30. The lowest BCUT2D eigenvalue weighted by molar-refractivity contribution is -0.125. The molecule has 0 bridgehead atoms. The predicted molar refractivity (Wildman–Crippen MR) is 112 cm³/mol. The molecule has 1 saturated heterocycles. The molecule has 3 aromatic rings. The van der Waals surface area contributed by atoms with E-state index in [4.69, 9.17) is 0 Å². The van der Waals surface area contributed by atoms with Gasteiger partial charge in [-0.1, -0.05) is 30.3 Å². The Bertz CT molecular complexity index is 1040. The Kier molecular flexibility index (Phi) is 5.84. The van der Waals surface area contributed by atoms with Gasteiger partial charge in [0.1, 0.15) is 11.9 Å². The Morgan fingerprint density at radius 2 is 1.90 bits per heavy atom. The molecule has 1 N–H and O–H groups in total. The van der Waals surface area contributed by atoms with E-state index in [1.165, 1.54) is 12.1 Å². The van der Waals surface area contributed by atoms with Gasteiger partial charge in [0.2, 0.25) is 5.91 Å². The first-order valence-corrected chi connectivity index (χ1v) is 9.96. The summed E-state index contributed by atoms with van der Waals surface area (Å²) in [4.78, 5) is 31.8. The molecule has 2 amide bonds. The molecule has 152 valence electrons. The molecule has 0 saturated carbocycles. The van der Waals surface area contributed by atoms with E-state index in [0.717, 1.165) is 23.2 Å². The summed E-state index contributed by atoms with van der Waals surface area (Å²) in [6, 6.07) is 18.5. The molecule has 1 fully saturated rings. The summed E-state index contributed by atoms with van der Waals surface area (Å²) in [7, 11) is 0. The maximum absolute atomic E-state index is 13.1. The zero-order valence-corrected chi connectivity index (χ0v) is 16.4. The number of hydrogen-bond donors (Lipinski definition) is 1. The average molecular weight is 403 g/mol. The van der Waals surface area contributed by atoms with Crippen molar-refractivity contribution in [1.82, 2.24) is 15.2 Å². The van der Waals surface area contributed by atoms with Crippen LogP contribution in [0.1, 0.15) is 28.8 Å². The van der Waals surface area contributed by atoms with Crippen LogP contribution in [0.15, 0.2) is 72.9 Å². The van der Waals surface area contributed by atoms with E-state index in [2.05, 4.69) is 10.3 Å². The molecule has 1 aliphatic heterocycles. The van der Waals surface area contributed by atoms with Crippen molar-refractivity contribution in [3.63, 3.8) is 0 Å². The van der Waals surface area contributed by atoms with Crippen LogP contribution in [0.5, 0.6) is 0 Å². The molecule has 4 rings (SSSR count). The highest BCUT2D eigenvalue weighted by Gasteiger charge is 2.34. The molecule has 5 nitrogen and oxygen atoms in total. The first kappa shape index (κ1) is 19.8. The van der Waals surface area contributed by atoms with Crippen LogP contribution < -0.4 is 5.32 Å². The molecule has 30 heavy (non-hydrogen) atoms. The number of rotatable bonds is 5. The molecule has 0 aliphatic carbocycles. The van der Waals surface area contributed by atoms with Gasteiger partial charge in [-0.15, -0.1) is 0 Å². The molecule has 2 heterocycles. The second kappa shape index (κ2) is 8.86. The maximum atomic E-state index is 13.1. The van der Waals surface area contributed by atoms with Crippen LogP contribution in [0, 0.1) is 5.82 Å². The molecule has 1 aromatic heterocycles. The summed E-state index contributed by atoms with van der Waals surface area (Å²) in [5.74, 6) is -0.663. The number of likely N-dealkylation sites (tertiary alicyclic amines) is 1. The van der Waals surface area contributed by atoms with Crippen LogP contribution in [-0.4, -0.2) is 34.3 Å². The quantitative estimate of drug-likeness (QED) is 0.705. The van der Waals surface area contributed by atoms with Crippen molar-refractivity contribution in [1.29, 1.82) is 0 Å². The molecule has 1 atom stereocenters. The average Bonchev–Trinajstić information content (AvgIpc) is 3.29. The molecular formula is C24H22FN3O2. The lowest BCUT2D eigenvalue weighted by Crippen LogP contribution is -2.45. The number of hydrogen-bond acceptors (Lipinski definition) is 3. The number of halogens is 1. The first-order valence-electron chi connectivity index (χ1n) is 9.96. The minimum Gasteiger partial charge on any atom is -0.350 e. The van der Waals surface area contributed by atoms with Gasteiger partial charge in [0.05, 0.1) is 5.69 Å². The van der Waals surface area contributed by atoms with Gasteiger partial charge in [-0.3, -0.25) is 14.6 Å². The summed E-state index contributed by atoms with van der Waals surface area (Å²) >= 11 is 0. The molecule has 1 unspecified atom stereocenters. The van der Waals surface area contributed by atoms with Crippen molar-refractivity contribution in [2.75, 3.05) is 6.54 Å². The van der Waals surface area contributed by atoms with Crippen LogP contribution in [0.2, 0.25) is 0 Å². The largest absolute Gasteiger partial charge is 0.350 e. The third-order valence-electron chi connectivity index (χ3n) is 5.27. The number of carbonyl (C=O) groups is 2. The van der Waals surface area contributed by atoms with Gasteiger partial charge in [-0.2, -0.15) is 0 Å². The number of amides is 2. The van der Waals surface area contributed by atoms with E-state index in [1.54, 1.807) is 29.3 Å². The Labute approximate surface area is 174 Å². The molecule has 0 radical (unpaired) electrons. The number of nitrogens with one attached hydrogen (secondary N) is 1. The summed E-state index contributed by atoms with van der Waals surface area (Å²) in [5, 5.41) is 2.87. The first-order chi connectivity index (χ1) is 14.6. The van der Waals surface area contributed by atoms with Crippen LogP contribution in [0.4, 0.5) is 4.39 Å². The van der Waals surface area contributed by atoms with Crippen LogP contribution in [0.25, 0.3) is 11.3 Å². The van der Waals surface area contributed by atoms with Crippen LogP contribution >= 0.6 is 0 Å². The fraction of sp³-hybridized carbons (Fsp3) is 0.208. The van der Waals surface area contributed by atoms with Crippen molar-refractivity contribution >= 4 is 11.8 Å². The van der Waals surface area contributed by atoms with E-state index in [9.17, 15) is 14.0 Å². The molecule has 0 spiro atoms. The monoisotopic (exact) mass is 403 g/mol. The molecule has 2 aromatic carbocycles. The van der Waals surface area contributed by atoms with E-state index in [1.807, 2.05) is 36.4 Å². The van der Waals surface area contributed by atoms with Crippen molar-refractivity contribution < 1.29 is 14.0 Å². The summed E-state index contributed by atoms with van der Waals surface area (Å²) in [5.41, 5.74) is 3.00. The van der Waals surface area contributed by atoms with Gasteiger partial charge in [-0.05, 0) is 54.8 Å². The van der Waals surface area contributed by atoms with Crippen molar-refractivity contribution in [3.05, 3.63) is 89.9 Å². The summed E-state index contributed by atoms with van der Waals surface area (Å²) in [6.07, 6.45) is 3.12. The molecule has 1 aliphatic rings. The highest BCUT2D eigenvalue weighted by Crippen LogP contribution is 2.23. The third-order valence-corrected chi connectivity index (χ3v) is 5.27. The highest BCUT2D eigenvalue weighted by molar-refractivity contribution is 5.98. The zero-order valence-electron chi connectivity index (χ0n) is 16.4. The lowest BCUT2D eigenvalue weighted by Gasteiger charge is -2.24. The predicted octanol–water partition coefficient (Wildman–Crippen LogP) is 3.81. The van der Waals surface area contributed by atoms with Crippen molar-refractivity contribution in [2.24, 2.45) is 0 Å². The highest BCUT2D eigenvalue weighted by atomic mass is 19.1. The third kappa shape index (κ3) is 4.38. The summed E-state index contributed by atoms with van der Waals surface area (Å²) in [6.45, 7) is 0.841. The fourth-order valence-electron chi connectivity index (χ4n) is 3.70. The van der Waals surface area contributed by atoms with E-state index >= 15 is 0 Å². The fourth-order valence-corrected chi connectivity index (χ4v) is 3.70. The number of pyridine rings is 1. The van der Waals surface area contributed by atoms with Gasteiger partial charge < -0.3 is 10.2 Å².